The van der Waals surface area contributed by atoms with Crippen LogP contribution in [0.15, 0.2) is 0 Å². The van der Waals surface area contributed by atoms with Gasteiger partial charge in [-0.2, -0.15) is 0 Å². The Labute approximate surface area is 160 Å². The first-order valence-corrected chi connectivity index (χ1v) is 7.58. The minimum absolute atomic E-state index is 0.000185. The molecule has 6 atom stereocenters. The van der Waals surface area contributed by atoms with Crippen LogP contribution >= 0.6 is 0 Å². The summed E-state index contributed by atoms with van der Waals surface area (Å²) in [6.45, 7) is 0. The molecule has 5 heterocycles. The van der Waals surface area contributed by atoms with E-state index >= 15 is 0 Å². The van der Waals surface area contributed by atoms with Crippen molar-refractivity contribution in [3.63, 3.8) is 0 Å². The lowest BCUT2D eigenvalue weighted by Crippen LogP contribution is -2.77. The molecule has 162 valence electrons. The van der Waals surface area contributed by atoms with Crippen LogP contribution in [-0.4, -0.2) is 103 Å². The van der Waals surface area contributed by atoms with Crippen molar-refractivity contribution in [2.75, 3.05) is 0 Å². The molecule has 5 aliphatic heterocycles. The zero-order valence-corrected chi connectivity index (χ0v) is 13.8. The van der Waals surface area contributed by atoms with Crippen molar-refractivity contribution < 1.29 is 35.1 Å². The first kappa shape index (κ1) is 18.6. The third kappa shape index (κ3) is 1.84. The molecule has 0 radical (unpaired) electrons. The van der Waals surface area contributed by atoms with E-state index in [0.29, 0.717) is 0 Å². The van der Waals surface area contributed by atoms with Gasteiger partial charge in [-0.1, -0.05) is 25.0 Å². The average Bonchev–Trinajstić information content (AvgIpc) is 3.03. The zero-order chi connectivity index (χ0) is 22.4. The van der Waals surface area contributed by atoms with Gasteiger partial charge >= 0.3 is 6.09 Å². The molecule has 1 amide bonds. The molecule has 5 rings (SSSR count). The van der Waals surface area contributed by atoms with Gasteiger partial charge in [0.2, 0.25) is 12.3 Å². The molecule has 0 aromatic heterocycles. The zero-order valence-electron chi connectivity index (χ0n) is 13.8. The molecule has 5 aliphatic rings. The van der Waals surface area contributed by atoms with Crippen molar-refractivity contribution in [2.45, 2.75) is 37.0 Å². The molecule has 6 bridgehead atoms. The van der Waals surface area contributed by atoms with E-state index in [1.54, 1.807) is 0 Å². The number of nitro groups is 5. The van der Waals surface area contributed by atoms with Gasteiger partial charge in [0, 0.05) is 0 Å². The molecule has 23 nitrogen and oxygen atoms in total. The van der Waals surface area contributed by atoms with E-state index in [1.807, 2.05) is 0 Å². The van der Waals surface area contributed by atoms with Gasteiger partial charge in [-0.05, 0) is 0 Å². The van der Waals surface area contributed by atoms with Crippen LogP contribution in [0.1, 0.15) is 0 Å². The van der Waals surface area contributed by atoms with Crippen molar-refractivity contribution in [2.24, 2.45) is 0 Å². The Bertz CT molecular complexity index is 783. The summed E-state index contributed by atoms with van der Waals surface area (Å²) in [6.07, 6.45) is -16.1. The molecule has 0 aromatic rings. The van der Waals surface area contributed by atoms with Crippen LogP contribution in [0.4, 0.5) is 4.79 Å². The molecular weight excluding hydrogens is 430 g/mol. The minimum Gasteiger partial charge on any atom is -0.465 e. The third-order valence-electron chi connectivity index (χ3n) is 5.24. The molecule has 0 saturated carbocycles. The predicted octanol–water partition coefficient (Wildman–Crippen LogP) is -3.55. The van der Waals surface area contributed by atoms with Crippen LogP contribution in [0, 0.1) is 50.6 Å². The van der Waals surface area contributed by atoms with E-state index in [-0.39, 0.29) is 29.9 Å². The number of amides is 1. The first-order chi connectivity index (χ1) is 13.9. The van der Waals surface area contributed by atoms with E-state index in [1.165, 1.54) is 0 Å². The van der Waals surface area contributed by atoms with E-state index in [2.05, 4.69) is 0 Å². The Morgan fingerprint density at radius 3 is 0.933 bits per heavy atom. The summed E-state index contributed by atoms with van der Waals surface area (Å²) in [7, 11) is 0. The normalized spacial score (nSPS) is 33.2. The smallest absolute Gasteiger partial charge is 0.411 e. The number of rotatable bonds is 5. The summed E-state index contributed by atoms with van der Waals surface area (Å²) >= 11 is 0. The number of carbonyl (C=O) groups is 1. The molecule has 0 spiro atoms. The Morgan fingerprint density at radius 2 is 0.733 bits per heavy atom. The maximum Gasteiger partial charge on any atom is 0.411 e. The fourth-order valence-corrected chi connectivity index (χ4v) is 4.52. The Kier molecular flexibility index (Phi) is 3.36. The molecule has 0 aliphatic carbocycles. The van der Waals surface area contributed by atoms with E-state index in [0.717, 1.165) is 0 Å². The number of hydrazine groups is 5. The van der Waals surface area contributed by atoms with Crippen LogP contribution < -0.4 is 0 Å². The number of hydrogen-bond acceptors (Lipinski definition) is 11. The van der Waals surface area contributed by atoms with E-state index < -0.39 is 68.2 Å². The molecular formula is C7H7N11O12. The number of hydrogen-bond donors (Lipinski definition) is 1. The van der Waals surface area contributed by atoms with Gasteiger partial charge in [-0.25, -0.2) is 60.3 Å². The summed E-state index contributed by atoms with van der Waals surface area (Å²) in [4.78, 5) is 70.2. The quantitative estimate of drug-likeness (QED) is 0.322. The Morgan fingerprint density at radius 1 is 0.533 bits per heavy atom. The van der Waals surface area contributed by atoms with Gasteiger partial charge in [0.25, 0.3) is 24.7 Å². The molecule has 6 unspecified atom stereocenters. The van der Waals surface area contributed by atoms with E-state index in [9.17, 15) is 60.5 Å². The first-order valence-electron chi connectivity index (χ1n) is 7.58. The molecule has 5 saturated heterocycles. The highest BCUT2D eigenvalue weighted by Gasteiger charge is 2.87. The number of nitrogens with zero attached hydrogens (tertiary/aromatic N) is 11. The van der Waals surface area contributed by atoms with Crippen molar-refractivity contribution in [1.29, 1.82) is 0 Å². The van der Waals surface area contributed by atoms with Gasteiger partial charge in [0.05, 0.1) is 0 Å². The average molecular weight is 437 g/mol. The predicted molar refractivity (Wildman–Crippen MR) is 76.8 cm³/mol. The van der Waals surface area contributed by atoms with Crippen molar-refractivity contribution >= 4 is 6.09 Å². The minimum atomic E-state index is -2.41. The van der Waals surface area contributed by atoms with Crippen molar-refractivity contribution in [1.82, 2.24) is 29.9 Å². The molecule has 0 aromatic carbocycles. The summed E-state index contributed by atoms with van der Waals surface area (Å²) < 4.78 is 0. The van der Waals surface area contributed by atoms with Crippen LogP contribution in [0.5, 0.6) is 0 Å². The Balaban J connectivity index is 2.12. The third-order valence-corrected chi connectivity index (χ3v) is 5.24. The second-order valence-electron chi connectivity index (χ2n) is 6.26. The van der Waals surface area contributed by atoms with Gasteiger partial charge in [-0.3, -0.25) is 0 Å². The summed E-state index contributed by atoms with van der Waals surface area (Å²) in [6, 6.07) is 0. The molecule has 5 fully saturated rings. The highest BCUT2D eigenvalue weighted by Crippen LogP contribution is 2.51. The van der Waals surface area contributed by atoms with Gasteiger partial charge in [-0.15, -0.1) is 0 Å². The SMILES string of the molecule is O=C(O)N1C2C3N([N+](=O)[O-])C4C(N([N+](=O)[O-])C(C1N4[N+](=O)[O-])N2[N+](=O)[O-])N3[N+](=O)[O-]. The van der Waals surface area contributed by atoms with Crippen LogP contribution in [0.25, 0.3) is 0 Å². The lowest BCUT2D eigenvalue weighted by Gasteiger charge is -2.41. The second kappa shape index (κ2) is 5.41. The Hall–Kier alpha value is -4.73. The monoisotopic (exact) mass is 437 g/mol. The van der Waals surface area contributed by atoms with Gasteiger partial charge in [0.15, 0.2) is 25.2 Å². The van der Waals surface area contributed by atoms with Gasteiger partial charge < -0.3 is 5.11 Å². The fraction of sp³-hybridized carbons (Fsp3) is 0.857. The number of carboxylic acid groups (broad SMARTS) is 1. The van der Waals surface area contributed by atoms with Crippen molar-refractivity contribution in [3.05, 3.63) is 50.6 Å². The fourth-order valence-electron chi connectivity index (χ4n) is 4.52. The summed E-state index contributed by atoms with van der Waals surface area (Å²) in [5.74, 6) is 0. The largest absolute Gasteiger partial charge is 0.465 e. The summed E-state index contributed by atoms with van der Waals surface area (Å²) in [5, 5.41) is 60.5. The number of piperazine rings is 1. The highest BCUT2D eigenvalue weighted by molar-refractivity contribution is 5.66. The lowest BCUT2D eigenvalue weighted by molar-refractivity contribution is -0.786. The van der Waals surface area contributed by atoms with Crippen LogP contribution in [0.3, 0.4) is 0 Å². The van der Waals surface area contributed by atoms with Gasteiger partial charge in [0.1, 0.15) is 0 Å². The molecule has 1 N–H and O–H groups in total. The van der Waals surface area contributed by atoms with Crippen LogP contribution in [0.2, 0.25) is 0 Å². The standard InChI is InChI=1S/C7H7N11O12/c19-7(20)8-1-3-9(14(21)22)2(8)4-12(17(27)28)5(10(1)15(23)24)6(11(3)16(25)26)13(4)18(29)30/h1-6H,(H,19,20). The summed E-state index contributed by atoms with van der Waals surface area (Å²) in [5.41, 5.74) is 0. The second-order valence-corrected chi connectivity index (χ2v) is 6.26. The lowest BCUT2D eigenvalue weighted by atomic mass is 10.2. The molecule has 23 heteroatoms. The maximum atomic E-state index is 11.8. The topological polar surface area (TPSA) is 272 Å². The molecule has 30 heavy (non-hydrogen) atoms. The van der Waals surface area contributed by atoms with E-state index in [4.69, 9.17) is 0 Å². The van der Waals surface area contributed by atoms with Crippen molar-refractivity contribution in [3.8, 4) is 0 Å². The maximum absolute atomic E-state index is 11.8. The van der Waals surface area contributed by atoms with Crippen LogP contribution in [-0.2, 0) is 0 Å². The highest BCUT2D eigenvalue weighted by atomic mass is 16.7.